The molecule has 1 aliphatic rings. The Kier molecular flexibility index (Phi) is 8.15. The molecule has 1 aromatic carbocycles. The van der Waals surface area contributed by atoms with Crippen molar-refractivity contribution in [3.8, 4) is 0 Å². The third kappa shape index (κ3) is 5.62. The van der Waals surface area contributed by atoms with Gasteiger partial charge in [-0.15, -0.1) is 0 Å². The lowest BCUT2D eigenvalue weighted by molar-refractivity contribution is 0.0954. The second-order valence-electron chi connectivity index (χ2n) is 7.38. The van der Waals surface area contributed by atoms with Crippen molar-refractivity contribution in [3.05, 3.63) is 29.8 Å². The van der Waals surface area contributed by atoms with E-state index in [0.29, 0.717) is 11.5 Å². The molecule has 1 amide bonds. The first kappa shape index (κ1) is 22.5. The summed E-state index contributed by atoms with van der Waals surface area (Å²) in [6, 6.07) is 6.03. The number of amides is 1. The smallest absolute Gasteiger partial charge is 0.271 e. The van der Waals surface area contributed by atoms with Gasteiger partial charge in [0.1, 0.15) is 0 Å². The number of nitrogens with one attached hydrogen (secondary N) is 1. The third-order valence-corrected chi connectivity index (χ3v) is 7.42. The average Bonchev–Trinajstić information content (AvgIpc) is 2.71. The Morgan fingerprint density at radius 1 is 1.25 bits per heavy atom. The summed E-state index contributed by atoms with van der Waals surface area (Å²) >= 11 is 0. The summed E-state index contributed by atoms with van der Waals surface area (Å²) in [4.78, 5) is 14.6. The summed E-state index contributed by atoms with van der Waals surface area (Å²) in [5.74, 6) is -0.0160. The highest BCUT2D eigenvalue weighted by molar-refractivity contribution is 7.89. The van der Waals surface area contributed by atoms with Gasteiger partial charge in [-0.2, -0.15) is 9.41 Å². The maximum atomic E-state index is 12.9. The molecule has 1 aromatic rings. The minimum atomic E-state index is -3.58. The van der Waals surface area contributed by atoms with Crippen molar-refractivity contribution >= 4 is 22.1 Å². The number of carbonyl (C=O) groups excluding carboxylic acids is 1. The van der Waals surface area contributed by atoms with Gasteiger partial charge in [-0.05, 0) is 76.0 Å². The van der Waals surface area contributed by atoms with E-state index in [2.05, 4.69) is 29.3 Å². The lowest BCUT2D eigenvalue weighted by Gasteiger charge is -2.34. The van der Waals surface area contributed by atoms with Crippen LogP contribution in [0.1, 0.15) is 49.9 Å². The first-order valence-corrected chi connectivity index (χ1v) is 11.3. The molecule has 0 aromatic heterocycles. The normalized spacial score (nSPS) is 16.9. The molecule has 1 N–H and O–H groups in total. The summed E-state index contributed by atoms with van der Waals surface area (Å²) in [7, 11) is 0.102. The van der Waals surface area contributed by atoms with Gasteiger partial charge in [-0.3, -0.25) is 4.79 Å². The first-order valence-electron chi connectivity index (χ1n) is 9.89. The first-order chi connectivity index (χ1) is 13.3. The van der Waals surface area contributed by atoms with E-state index in [9.17, 15) is 13.2 Å². The van der Waals surface area contributed by atoms with Crippen molar-refractivity contribution < 1.29 is 13.2 Å². The van der Waals surface area contributed by atoms with Crippen LogP contribution in [-0.4, -0.2) is 63.0 Å². The Balaban J connectivity index is 2.03. The molecule has 1 saturated heterocycles. The van der Waals surface area contributed by atoms with E-state index in [1.807, 2.05) is 7.05 Å². The van der Waals surface area contributed by atoms with E-state index < -0.39 is 10.0 Å². The van der Waals surface area contributed by atoms with Crippen molar-refractivity contribution in [2.24, 2.45) is 11.0 Å². The van der Waals surface area contributed by atoms with Crippen LogP contribution in [0, 0.1) is 5.92 Å². The van der Waals surface area contributed by atoms with Crippen LogP contribution in [0.2, 0.25) is 0 Å². The SMILES string of the molecule is CCC(/C=N\NC(=O)c1ccc(S(=O)(=O)N(C)C2CCN(C)CC2)cc1)CC. The van der Waals surface area contributed by atoms with Gasteiger partial charge in [0.05, 0.1) is 4.90 Å². The fourth-order valence-corrected chi connectivity index (χ4v) is 4.68. The summed E-state index contributed by atoms with van der Waals surface area (Å²) in [5.41, 5.74) is 2.88. The number of benzene rings is 1. The average molecular weight is 409 g/mol. The molecule has 0 spiro atoms. The van der Waals surface area contributed by atoms with Crippen LogP contribution in [0.25, 0.3) is 0 Å². The largest absolute Gasteiger partial charge is 0.306 e. The van der Waals surface area contributed by atoms with E-state index in [4.69, 9.17) is 0 Å². The Bertz CT molecular complexity index is 765. The van der Waals surface area contributed by atoms with E-state index >= 15 is 0 Å². The molecule has 156 valence electrons. The van der Waals surface area contributed by atoms with Gasteiger partial charge < -0.3 is 4.90 Å². The Morgan fingerprint density at radius 2 is 1.82 bits per heavy atom. The molecule has 1 aliphatic heterocycles. The van der Waals surface area contributed by atoms with Crippen LogP contribution in [0.3, 0.4) is 0 Å². The van der Waals surface area contributed by atoms with Crippen molar-refractivity contribution in [1.29, 1.82) is 0 Å². The number of carbonyl (C=O) groups is 1. The number of piperidine rings is 1. The Morgan fingerprint density at radius 3 is 2.36 bits per heavy atom. The Hall–Kier alpha value is -1.77. The van der Waals surface area contributed by atoms with Crippen molar-refractivity contribution in [2.75, 3.05) is 27.2 Å². The molecular weight excluding hydrogens is 376 g/mol. The zero-order chi connectivity index (χ0) is 20.7. The fourth-order valence-electron chi connectivity index (χ4n) is 3.26. The lowest BCUT2D eigenvalue weighted by Crippen LogP contribution is -2.44. The molecule has 1 fully saturated rings. The third-order valence-electron chi connectivity index (χ3n) is 5.50. The maximum Gasteiger partial charge on any atom is 0.271 e. The van der Waals surface area contributed by atoms with Gasteiger partial charge in [0.2, 0.25) is 10.0 Å². The van der Waals surface area contributed by atoms with Gasteiger partial charge in [0.15, 0.2) is 0 Å². The summed E-state index contributed by atoms with van der Waals surface area (Å²) in [6.45, 7) is 5.93. The molecule has 28 heavy (non-hydrogen) atoms. The van der Waals surface area contributed by atoms with Crippen molar-refractivity contribution in [1.82, 2.24) is 14.6 Å². The number of hydrazone groups is 1. The van der Waals surface area contributed by atoms with Crippen LogP contribution in [0.5, 0.6) is 0 Å². The topological polar surface area (TPSA) is 82.1 Å². The van der Waals surface area contributed by atoms with Crippen LogP contribution in [0.4, 0.5) is 0 Å². The number of hydrogen-bond acceptors (Lipinski definition) is 5. The standard InChI is InChI=1S/C20H32N4O3S/c1-5-16(6-2)15-21-22-20(25)17-7-9-19(10-8-17)28(26,27)24(4)18-11-13-23(3)14-12-18/h7-10,15-16,18H,5-6,11-14H2,1-4H3,(H,22,25)/b21-15-. The molecule has 8 heteroatoms. The Labute approximate surface area is 168 Å². The zero-order valence-corrected chi connectivity index (χ0v) is 18.1. The fraction of sp³-hybridized carbons (Fsp3) is 0.600. The molecule has 7 nitrogen and oxygen atoms in total. The molecule has 1 heterocycles. The second kappa shape index (κ2) is 10.1. The van der Waals surface area contributed by atoms with E-state index in [1.165, 1.54) is 28.6 Å². The second-order valence-corrected chi connectivity index (χ2v) is 9.37. The minimum Gasteiger partial charge on any atom is -0.306 e. The molecule has 0 saturated carbocycles. The van der Waals surface area contributed by atoms with Crippen molar-refractivity contribution in [2.45, 2.75) is 50.5 Å². The van der Waals surface area contributed by atoms with Crippen molar-refractivity contribution in [3.63, 3.8) is 0 Å². The number of likely N-dealkylation sites (tertiary alicyclic amines) is 1. The minimum absolute atomic E-state index is 0.00332. The summed E-state index contributed by atoms with van der Waals surface area (Å²) < 4.78 is 27.3. The molecule has 0 aliphatic carbocycles. The van der Waals surface area contributed by atoms with E-state index in [1.54, 1.807) is 13.3 Å². The monoisotopic (exact) mass is 408 g/mol. The lowest BCUT2D eigenvalue weighted by atomic mass is 10.1. The summed E-state index contributed by atoms with van der Waals surface area (Å²) in [5, 5.41) is 4.00. The van der Waals surface area contributed by atoms with Gasteiger partial charge >= 0.3 is 0 Å². The van der Waals surface area contributed by atoms with Crippen LogP contribution >= 0.6 is 0 Å². The maximum absolute atomic E-state index is 12.9. The van der Waals surface area contributed by atoms with Crippen LogP contribution in [-0.2, 0) is 10.0 Å². The molecule has 2 rings (SSSR count). The van der Waals surface area contributed by atoms with Gasteiger partial charge in [-0.1, -0.05) is 13.8 Å². The molecule has 0 radical (unpaired) electrons. The predicted octanol–water partition coefficient (Wildman–Crippen LogP) is 2.55. The van der Waals surface area contributed by atoms with Crippen LogP contribution < -0.4 is 5.43 Å². The van der Waals surface area contributed by atoms with E-state index in [-0.39, 0.29) is 16.8 Å². The molecule has 0 bridgehead atoms. The number of nitrogens with zero attached hydrogens (tertiary/aromatic N) is 3. The van der Waals surface area contributed by atoms with Gasteiger partial charge in [0.25, 0.3) is 5.91 Å². The number of sulfonamides is 1. The highest BCUT2D eigenvalue weighted by atomic mass is 32.2. The van der Waals surface area contributed by atoms with Gasteiger partial charge in [0, 0.05) is 24.9 Å². The quantitative estimate of drug-likeness (QED) is 0.529. The number of rotatable bonds is 8. The highest BCUT2D eigenvalue weighted by Crippen LogP contribution is 2.22. The summed E-state index contributed by atoms with van der Waals surface area (Å²) in [6.07, 6.45) is 5.32. The zero-order valence-electron chi connectivity index (χ0n) is 17.3. The molecule has 0 atom stereocenters. The highest BCUT2D eigenvalue weighted by Gasteiger charge is 2.30. The van der Waals surface area contributed by atoms with Gasteiger partial charge in [-0.25, -0.2) is 13.8 Å². The molecule has 0 unspecified atom stereocenters. The number of hydrogen-bond donors (Lipinski definition) is 1. The van der Waals surface area contributed by atoms with Crippen LogP contribution in [0.15, 0.2) is 34.3 Å². The predicted molar refractivity (Wildman–Crippen MR) is 112 cm³/mol. The van der Waals surface area contributed by atoms with E-state index in [0.717, 1.165) is 38.8 Å². The molecular formula is C20H32N4O3S.